The highest BCUT2D eigenvalue weighted by atomic mass is 16.5. The lowest BCUT2D eigenvalue weighted by molar-refractivity contribution is -0.663. The van der Waals surface area contributed by atoms with Crippen LogP contribution in [0.1, 0.15) is 49.3 Å². The van der Waals surface area contributed by atoms with Crippen molar-refractivity contribution in [3.8, 4) is 0 Å². The van der Waals surface area contributed by atoms with Crippen LogP contribution in [0.5, 0.6) is 0 Å². The standard InChI is InChI=1S/C17H25NO/c1-2-6-14(5-1)9-11-18-13-17-16-8-4-3-7-15(16)10-12-19-17/h3-4,7-8,14,17-18H,1-2,5-6,9-13H2/p+1/t17-/m0/s1. The van der Waals surface area contributed by atoms with Crippen molar-refractivity contribution in [2.24, 2.45) is 5.92 Å². The summed E-state index contributed by atoms with van der Waals surface area (Å²) in [5, 5.41) is 2.46. The van der Waals surface area contributed by atoms with Gasteiger partial charge in [0.2, 0.25) is 0 Å². The van der Waals surface area contributed by atoms with Crippen LogP contribution in [0.15, 0.2) is 24.3 Å². The van der Waals surface area contributed by atoms with Gasteiger partial charge in [-0.25, -0.2) is 0 Å². The summed E-state index contributed by atoms with van der Waals surface area (Å²) in [6.45, 7) is 3.24. The van der Waals surface area contributed by atoms with Crippen LogP contribution in [0.4, 0.5) is 0 Å². The molecule has 1 aliphatic heterocycles. The fraction of sp³-hybridized carbons (Fsp3) is 0.647. The number of ether oxygens (including phenoxy) is 1. The van der Waals surface area contributed by atoms with Gasteiger partial charge in [-0.15, -0.1) is 0 Å². The molecule has 0 bridgehead atoms. The molecule has 1 saturated carbocycles. The summed E-state index contributed by atoms with van der Waals surface area (Å²) in [7, 11) is 0. The maximum absolute atomic E-state index is 5.95. The molecule has 0 aromatic heterocycles. The van der Waals surface area contributed by atoms with Crippen LogP contribution in [0.3, 0.4) is 0 Å². The average molecular weight is 260 g/mol. The molecule has 2 aliphatic rings. The summed E-state index contributed by atoms with van der Waals surface area (Å²) in [6.07, 6.45) is 8.65. The van der Waals surface area contributed by atoms with Crippen LogP contribution in [0.25, 0.3) is 0 Å². The highest BCUT2D eigenvalue weighted by Crippen LogP contribution is 2.27. The van der Waals surface area contributed by atoms with E-state index >= 15 is 0 Å². The lowest BCUT2D eigenvalue weighted by atomic mass is 9.97. The van der Waals surface area contributed by atoms with Crippen molar-refractivity contribution in [2.75, 3.05) is 19.7 Å². The van der Waals surface area contributed by atoms with Crippen molar-refractivity contribution in [1.82, 2.24) is 0 Å². The second kappa shape index (κ2) is 6.53. The molecule has 2 N–H and O–H groups in total. The Bertz CT molecular complexity index is 398. The zero-order valence-corrected chi connectivity index (χ0v) is 11.8. The fourth-order valence-corrected chi connectivity index (χ4v) is 3.59. The van der Waals surface area contributed by atoms with Crippen LogP contribution in [-0.4, -0.2) is 19.7 Å². The molecule has 2 nitrogen and oxygen atoms in total. The van der Waals surface area contributed by atoms with Crippen LogP contribution < -0.4 is 5.32 Å². The molecule has 1 fully saturated rings. The van der Waals surface area contributed by atoms with Crippen molar-refractivity contribution in [3.05, 3.63) is 35.4 Å². The average Bonchev–Trinajstić information content (AvgIpc) is 2.97. The van der Waals surface area contributed by atoms with E-state index in [1.807, 2.05) is 0 Å². The van der Waals surface area contributed by atoms with Crippen LogP contribution >= 0.6 is 0 Å². The number of hydrogen-bond acceptors (Lipinski definition) is 1. The third-order valence-corrected chi connectivity index (χ3v) is 4.73. The molecule has 1 aromatic rings. The van der Waals surface area contributed by atoms with E-state index in [2.05, 4.69) is 29.6 Å². The number of fused-ring (bicyclic) bond motifs is 1. The molecule has 0 unspecified atom stereocenters. The van der Waals surface area contributed by atoms with Crippen molar-refractivity contribution in [3.63, 3.8) is 0 Å². The zero-order chi connectivity index (χ0) is 12.9. The van der Waals surface area contributed by atoms with E-state index < -0.39 is 0 Å². The third kappa shape index (κ3) is 3.37. The topological polar surface area (TPSA) is 25.8 Å². The SMILES string of the molecule is c1ccc2c(c1)CCO[C@H]2C[NH2+]CCC1CCCC1. The van der Waals surface area contributed by atoms with E-state index in [0.29, 0.717) is 6.10 Å². The molecule has 1 aromatic carbocycles. The molecule has 0 spiro atoms. The summed E-state index contributed by atoms with van der Waals surface area (Å²) < 4.78 is 5.95. The molecule has 1 aliphatic carbocycles. The molecular formula is C17H26NO+. The molecule has 3 rings (SSSR count). The lowest BCUT2D eigenvalue weighted by Gasteiger charge is -2.25. The molecule has 0 amide bonds. The van der Waals surface area contributed by atoms with Gasteiger partial charge in [0.1, 0.15) is 12.6 Å². The third-order valence-electron chi connectivity index (χ3n) is 4.73. The van der Waals surface area contributed by atoms with Gasteiger partial charge in [0.05, 0.1) is 13.2 Å². The van der Waals surface area contributed by atoms with Gasteiger partial charge >= 0.3 is 0 Å². The number of quaternary nitrogens is 1. The predicted molar refractivity (Wildman–Crippen MR) is 77.1 cm³/mol. The fourth-order valence-electron chi connectivity index (χ4n) is 3.59. The van der Waals surface area contributed by atoms with Gasteiger partial charge in [0, 0.05) is 0 Å². The molecule has 19 heavy (non-hydrogen) atoms. The number of hydrogen-bond donors (Lipinski definition) is 1. The predicted octanol–water partition coefficient (Wildman–Crippen LogP) is 2.44. The summed E-state index contributed by atoms with van der Waals surface area (Å²) >= 11 is 0. The van der Waals surface area contributed by atoms with E-state index in [9.17, 15) is 0 Å². The van der Waals surface area contributed by atoms with Gasteiger partial charge in [-0.3, -0.25) is 0 Å². The van der Waals surface area contributed by atoms with Gasteiger partial charge in [0.25, 0.3) is 0 Å². The van der Waals surface area contributed by atoms with Crippen LogP contribution in [0, 0.1) is 5.92 Å². The molecule has 0 saturated heterocycles. The van der Waals surface area contributed by atoms with E-state index in [-0.39, 0.29) is 0 Å². The number of nitrogens with two attached hydrogens (primary N) is 1. The minimum Gasteiger partial charge on any atom is -0.367 e. The first kappa shape index (κ1) is 13.1. The summed E-state index contributed by atoms with van der Waals surface area (Å²) in [4.78, 5) is 0. The molecule has 104 valence electrons. The van der Waals surface area contributed by atoms with Crippen molar-refractivity contribution in [1.29, 1.82) is 0 Å². The number of benzene rings is 1. The summed E-state index contributed by atoms with van der Waals surface area (Å²) in [6, 6.07) is 8.78. The van der Waals surface area contributed by atoms with Gasteiger partial charge < -0.3 is 10.1 Å². The van der Waals surface area contributed by atoms with Crippen molar-refractivity contribution in [2.45, 2.75) is 44.6 Å². The van der Waals surface area contributed by atoms with Crippen LogP contribution in [-0.2, 0) is 11.2 Å². The van der Waals surface area contributed by atoms with E-state index in [1.54, 1.807) is 0 Å². The van der Waals surface area contributed by atoms with Crippen molar-refractivity contribution < 1.29 is 10.1 Å². The van der Waals surface area contributed by atoms with E-state index in [4.69, 9.17) is 4.74 Å². The molecular weight excluding hydrogens is 234 g/mol. The van der Waals surface area contributed by atoms with Gasteiger partial charge in [-0.2, -0.15) is 0 Å². The van der Waals surface area contributed by atoms with Gasteiger partial charge in [-0.05, 0) is 29.9 Å². The first-order valence-corrected chi connectivity index (χ1v) is 7.94. The van der Waals surface area contributed by atoms with Crippen LogP contribution in [0.2, 0.25) is 0 Å². The maximum Gasteiger partial charge on any atom is 0.131 e. The first-order valence-electron chi connectivity index (χ1n) is 7.94. The Labute approximate surface area is 116 Å². The smallest absolute Gasteiger partial charge is 0.131 e. The Balaban J connectivity index is 1.45. The Kier molecular flexibility index (Phi) is 4.52. The molecule has 0 radical (unpaired) electrons. The Morgan fingerprint density at radius 3 is 2.89 bits per heavy atom. The zero-order valence-electron chi connectivity index (χ0n) is 11.8. The van der Waals surface area contributed by atoms with E-state index in [1.165, 1.54) is 49.8 Å². The minimum atomic E-state index is 0.313. The monoisotopic (exact) mass is 260 g/mol. The Morgan fingerprint density at radius 1 is 1.16 bits per heavy atom. The highest BCUT2D eigenvalue weighted by molar-refractivity contribution is 5.30. The van der Waals surface area contributed by atoms with E-state index in [0.717, 1.165) is 25.5 Å². The van der Waals surface area contributed by atoms with Gasteiger partial charge in [-0.1, -0.05) is 49.9 Å². The first-order chi connectivity index (χ1) is 9.43. The lowest BCUT2D eigenvalue weighted by Crippen LogP contribution is -2.85. The summed E-state index contributed by atoms with van der Waals surface area (Å²) in [5.41, 5.74) is 2.91. The van der Waals surface area contributed by atoms with Gasteiger partial charge in [0.15, 0.2) is 0 Å². The Hall–Kier alpha value is -0.860. The second-order valence-corrected chi connectivity index (χ2v) is 6.06. The number of rotatable bonds is 5. The minimum absolute atomic E-state index is 0.313. The molecule has 1 heterocycles. The Morgan fingerprint density at radius 2 is 2.00 bits per heavy atom. The normalized spacial score (nSPS) is 23.5. The largest absolute Gasteiger partial charge is 0.367 e. The molecule has 2 heteroatoms. The summed E-state index contributed by atoms with van der Waals surface area (Å²) in [5.74, 6) is 1.01. The molecule has 1 atom stereocenters. The maximum atomic E-state index is 5.95. The van der Waals surface area contributed by atoms with Crippen molar-refractivity contribution >= 4 is 0 Å². The second-order valence-electron chi connectivity index (χ2n) is 6.06. The quantitative estimate of drug-likeness (QED) is 0.809. The highest BCUT2D eigenvalue weighted by Gasteiger charge is 2.22.